The van der Waals surface area contributed by atoms with Crippen LogP contribution in [0.1, 0.15) is 11.3 Å². The van der Waals surface area contributed by atoms with Crippen molar-refractivity contribution in [2.45, 2.75) is 13.5 Å². The molecule has 0 radical (unpaired) electrons. The maximum absolute atomic E-state index is 13.0. The molecular weight excluding hydrogens is 385 g/mol. The number of aromatic nitrogens is 2. The van der Waals surface area contributed by atoms with Crippen molar-refractivity contribution in [3.63, 3.8) is 0 Å². The van der Waals surface area contributed by atoms with Gasteiger partial charge < -0.3 is 16.0 Å². The maximum atomic E-state index is 13.0. The highest BCUT2D eigenvalue weighted by atomic mass is 35.5. The van der Waals surface area contributed by atoms with Crippen LogP contribution in [0.25, 0.3) is 0 Å². The Hall–Kier alpha value is -2.77. The highest BCUT2D eigenvalue weighted by Gasteiger charge is 2.05. The van der Waals surface area contributed by atoms with Gasteiger partial charge in [0.2, 0.25) is 5.95 Å². The molecular formula is C19H17ClFN5S. The molecule has 3 N–H and O–H groups in total. The number of aryl methyl sites for hydroxylation is 1. The Morgan fingerprint density at radius 2 is 1.78 bits per heavy atom. The quantitative estimate of drug-likeness (QED) is 0.533. The van der Waals surface area contributed by atoms with E-state index in [1.807, 2.05) is 31.2 Å². The lowest BCUT2D eigenvalue weighted by molar-refractivity contribution is 0.628. The fraction of sp³-hybridized carbons (Fsp3) is 0.105. The van der Waals surface area contributed by atoms with E-state index in [0.29, 0.717) is 28.4 Å². The zero-order valence-corrected chi connectivity index (χ0v) is 16.0. The van der Waals surface area contributed by atoms with Gasteiger partial charge in [0.05, 0.1) is 0 Å². The number of benzene rings is 2. The number of rotatable bonds is 5. The van der Waals surface area contributed by atoms with Gasteiger partial charge in [0.25, 0.3) is 0 Å². The van der Waals surface area contributed by atoms with Gasteiger partial charge in [0, 0.05) is 29.0 Å². The van der Waals surface area contributed by atoms with Gasteiger partial charge in [-0.05, 0) is 61.1 Å². The monoisotopic (exact) mass is 401 g/mol. The summed E-state index contributed by atoms with van der Waals surface area (Å²) in [5, 5.41) is 10.3. The van der Waals surface area contributed by atoms with Crippen LogP contribution < -0.4 is 16.0 Å². The SMILES string of the molecule is Cc1cc(Nc2ccc(F)cc2)nc(NC(=S)NCc2ccc(Cl)cc2)n1. The van der Waals surface area contributed by atoms with E-state index in [2.05, 4.69) is 25.9 Å². The molecule has 2 aromatic carbocycles. The van der Waals surface area contributed by atoms with E-state index < -0.39 is 0 Å². The van der Waals surface area contributed by atoms with Gasteiger partial charge in [-0.2, -0.15) is 4.98 Å². The van der Waals surface area contributed by atoms with E-state index in [1.54, 1.807) is 18.2 Å². The topological polar surface area (TPSA) is 61.9 Å². The Kier molecular flexibility index (Phi) is 6.16. The molecule has 138 valence electrons. The van der Waals surface area contributed by atoms with Crippen LogP contribution in [0.15, 0.2) is 54.6 Å². The molecule has 0 amide bonds. The van der Waals surface area contributed by atoms with Crippen LogP contribution in [0, 0.1) is 12.7 Å². The lowest BCUT2D eigenvalue weighted by Gasteiger charge is -2.12. The predicted molar refractivity (Wildman–Crippen MR) is 111 cm³/mol. The second-order valence-electron chi connectivity index (χ2n) is 5.78. The van der Waals surface area contributed by atoms with Crippen molar-refractivity contribution in [2.24, 2.45) is 0 Å². The highest BCUT2D eigenvalue weighted by Crippen LogP contribution is 2.17. The second-order valence-corrected chi connectivity index (χ2v) is 6.63. The van der Waals surface area contributed by atoms with Crippen LogP contribution in [-0.2, 0) is 6.54 Å². The molecule has 0 atom stereocenters. The smallest absolute Gasteiger partial charge is 0.231 e. The van der Waals surface area contributed by atoms with E-state index in [-0.39, 0.29) is 5.82 Å². The number of hydrogen-bond acceptors (Lipinski definition) is 4. The Labute approximate surface area is 167 Å². The minimum atomic E-state index is -0.293. The molecule has 27 heavy (non-hydrogen) atoms. The summed E-state index contributed by atoms with van der Waals surface area (Å²) in [7, 11) is 0. The Morgan fingerprint density at radius 1 is 1.07 bits per heavy atom. The minimum absolute atomic E-state index is 0.293. The van der Waals surface area contributed by atoms with Crippen LogP contribution >= 0.6 is 23.8 Å². The van der Waals surface area contributed by atoms with E-state index in [4.69, 9.17) is 23.8 Å². The summed E-state index contributed by atoms with van der Waals surface area (Å²) in [6.45, 7) is 2.41. The largest absolute Gasteiger partial charge is 0.358 e. The molecule has 0 aliphatic rings. The van der Waals surface area contributed by atoms with Crippen molar-refractivity contribution in [3.8, 4) is 0 Å². The number of thiocarbonyl (C=S) groups is 1. The summed E-state index contributed by atoms with van der Waals surface area (Å²) in [4.78, 5) is 8.71. The van der Waals surface area contributed by atoms with Crippen molar-refractivity contribution in [1.29, 1.82) is 0 Å². The van der Waals surface area contributed by atoms with E-state index in [9.17, 15) is 4.39 Å². The van der Waals surface area contributed by atoms with Crippen LogP contribution in [0.2, 0.25) is 5.02 Å². The van der Waals surface area contributed by atoms with Gasteiger partial charge in [-0.1, -0.05) is 23.7 Å². The average Bonchev–Trinajstić information content (AvgIpc) is 2.63. The molecule has 1 aromatic heterocycles. The molecule has 3 rings (SSSR count). The highest BCUT2D eigenvalue weighted by molar-refractivity contribution is 7.80. The summed E-state index contributed by atoms with van der Waals surface area (Å²) < 4.78 is 13.0. The summed E-state index contributed by atoms with van der Waals surface area (Å²) in [6.07, 6.45) is 0. The third-order valence-electron chi connectivity index (χ3n) is 3.56. The first-order valence-corrected chi connectivity index (χ1v) is 8.94. The third-order valence-corrected chi connectivity index (χ3v) is 4.06. The molecule has 0 aliphatic carbocycles. The zero-order chi connectivity index (χ0) is 19.2. The Morgan fingerprint density at radius 3 is 2.48 bits per heavy atom. The van der Waals surface area contributed by atoms with Crippen molar-refractivity contribution in [3.05, 3.63) is 76.7 Å². The molecule has 0 saturated carbocycles. The van der Waals surface area contributed by atoms with Gasteiger partial charge in [-0.3, -0.25) is 0 Å². The molecule has 1 heterocycles. The maximum Gasteiger partial charge on any atom is 0.231 e. The Bertz CT molecular complexity index is 932. The van der Waals surface area contributed by atoms with Crippen LogP contribution in [0.4, 0.5) is 21.8 Å². The molecule has 0 spiro atoms. The van der Waals surface area contributed by atoms with Crippen molar-refractivity contribution < 1.29 is 4.39 Å². The zero-order valence-electron chi connectivity index (χ0n) is 14.5. The van der Waals surface area contributed by atoms with E-state index in [0.717, 1.165) is 16.9 Å². The standard InChI is InChI=1S/C19H17ClFN5S/c1-12-10-17(24-16-8-6-15(21)7-9-16)25-18(23-12)26-19(27)22-11-13-2-4-14(20)5-3-13/h2-10H,11H2,1H3,(H3,22,23,24,25,26,27). The third kappa shape index (κ3) is 5.87. The predicted octanol–water partition coefficient (Wildman–Crippen LogP) is 4.81. The minimum Gasteiger partial charge on any atom is -0.358 e. The molecule has 0 aliphatic heterocycles. The molecule has 0 unspecified atom stereocenters. The first-order chi connectivity index (χ1) is 13.0. The summed E-state index contributed by atoms with van der Waals surface area (Å²) in [5.74, 6) is 0.657. The first kappa shape index (κ1) is 19.0. The molecule has 5 nitrogen and oxygen atoms in total. The molecule has 0 bridgehead atoms. The average molecular weight is 402 g/mol. The van der Waals surface area contributed by atoms with Crippen LogP contribution in [0.3, 0.4) is 0 Å². The van der Waals surface area contributed by atoms with Crippen LogP contribution in [-0.4, -0.2) is 15.1 Å². The summed E-state index contributed by atoms with van der Waals surface area (Å²) in [6, 6.07) is 15.3. The van der Waals surface area contributed by atoms with Gasteiger partial charge in [0.1, 0.15) is 11.6 Å². The molecule has 0 fully saturated rings. The van der Waals surface area contributed by atoms with E-state index in [1.165, 1.54) is 12.1 Å². The number of hydrogen-bond donors (Lipinski definition) is 3. The van der Waals surface area contributed by atoms with Gasteiger partial charge in [-0.15, -0.1) is 0 Å². The second kappa shape index (κ2) is 8.75. The summed E-state index contributed by atoms with van der Waals surface area (Å²) >= 11 is 11.2. The fourth-order valence-corrected chi connectivity index (χ4v) is 2.59. The Balaban J connectivity index is 1.62. The normalized spacial score (nSPS) is 10.3. The molecule has 0 saturated heterocycles. The van der Waals surface area contributed by atoms with Crippen molar-refractivity contribution >= 4 is 46.4 Å². The van der Waals surface area contributed by atoms with Gasteiger partial charge in [0.15, 0.2) is 5.11 Å². The first-order valence-electron chi connectivity index (χ1n) is 8.15. The summed E-state index contributed by atoms with van der Waals surface area (Å²) in [5.41, 5.74) is 2.54. The van der Waals surface area contributed by atoms with E-state index >= 15 is 0 Å². The number of anilines is 3. The fourth-order valence-electron chi connectivity index (χ4n) is 2.30. The van der Waals surface area contributed by atoms with Gasteiger partial charge in [-0.25, -0.2) is 9.37 Å². The molecule has 8 heteroatoms. The van der Waals surface area contributed by atoms with Gasteiger partial charge >= 0.3 is 0 Å². The number of nitrogens with zero attached hydrogens (tertiary/aromatic N) is 2. The van der Waals surface area contributed by atoms with Crippen molar-refractivity contribution in [1.82, 2.24) is 15.3 Å². The lowest BCUT2D eigenvalue weighted by Crippen LogP contribution is -2.28. The number of nitrogens with one attached hydrogen (secondary N) is 3. The number of halogens is 2. The van der Waals surface area contributed by atoms with Crippen molar-refractivity contribution in [2.75, 3.05) is 10.6 Å². The lowest BCUT2D eigenvalue weighted by atomic mass is 10.2. The molecule has 3 aromatic rings. The van der Waals surface area contributed by atoms with Crippen LogP contribution in [0.5, 0.6) is 0 Å².